The lowest BCUT2D eigenvalue weighted by Crippen LogP contribution is -2.34. The van der Waals surface area contributed by atoms with Crippen LogP contribution in [0.5, 0.6) is 11.8 Å². The van der Waals surface area contributed by atoms with Gasteiger partial charge in [-0.05, 0) is 63.5 Å². The summed E-state index contributed by atoms with van der Waals surface area (Å²) in [6.07, 6.45) is 8.56. The summed E-state index contributed by atoms with van der Waals surface area (Å²) in [4.78, 5) is 27.9. The number of aryl methyl sites for hydroxylation is 1. The maximum absolute atomic E-state index is 11.5. The van der Waals surface area contributed by atoms with Crippen LogP contribution in [-0.4, -0.2) is 44.2 Å². The number of hydrogen-bond acceptors (Lipinski definition) is 7. The lowest BCUT2D eigenvalue weighted by Gasteiger charge is -2.28. The van der Waals surface area contributed by atoms with Crippen molar-refractivity contribution >= 4 is 21.6 Å². The van der Waals surface area contributed by atoms with Crippen LogP contribution in [0.15, 0.2) is 11.1 Å². The van der Waals surface area contributed by atoms with Gasteiger partial charge in [0, 0.05) is 10.9 Å². The van der Waals surface area contributed by atoms with E-state index in [1.165, 1.54) is 10.4 Å². The molecule has 1 saturated carbocycles. The predicted octanol–water partition coefficient (Wildman–Crippen LogP) is 2.60. The standard InChI is InChI=1S/C20H25N5O3S/c1-21-11-3-5-12(6-4-11)28-18-16-15-10(8-13-17(26)25-20(27)24-13)2-7-14(15)29-19(16)23-9-22-18/h9-12,21,26H,2-8H2,1H3,(H2,24,25,27). The lowest BCUT2D eigenvalue weighted by atomic mass is 9.93. The number of aromatic hydroxyl groups is 1. The number of nitrogens with zero attached hydrogens (tertiary/aromatic N) is 2. The van der Waals surface area contributed by atoms with Gasteiger partial charge in [0.25, 0.3) is 0 Å². The highest BCUT2D eigenvalue weighted by Crippen LogP contribution is 2.47. The molecule has 0 saturated heterocycles. The fourth-order valence-electron chi connectivity index (χ4n) is 4.77. The highest BCUT2D eigenvalue weighted by atomic mass is 32.1. The second-order valence-corrected chi connectivity index (χ2v) is 9.11. The number of aromatic nitrogens is 4. The fourth-order valence-corrected chi connectivity index (χ4v) is 6.00. The summed E-state index contributed by atoms with van der Waals surface area (Å²) in [7, 11) is 2.02. The maximum Gasteiger partial charge on any atom is 0.325 e. The van der Waals surface area contributed by atoms with Crippen LogP contribution in [-0.2, 0) is 12.8 Å². The molecule has 8 nitrogen and oxygen atoms in total. The van der Waals surface area contributed by atoms with Crippen molar-refractivity contribution in [2.75, 3.05) is 7.05 Å². The number of hydrogen-bond donors (Lipinski definition) is 4. The Hall–Kier alpha value is -2.39. The summed E-state index contributed by atoms with van der Waals surface area (Å²) in [6.45, 7) is 0. The van der Waals surface area contributed by atoms with Gasteiger partial charge in [-0.3, -0.25) is 4.98 Å². The van der Waals surface area contributed by atoms with Crippen molar-refractivity contribution in [3.8, 4) is 11.8 Å². The fraction of sp³-hybridized carbons (Fsp3) is 0.550. The van der Waals surface area contributed by atoms with Gasteiger partial charge in [-0.1, -0.05) is 0 Å². The first-order valence-electron chi connectivity index (χ1n) is 10.2. The van der Waals surface area contributed by atoms with Gasteiger partial charge in [0.2, 0.25) is 11.8 Å². The van der Waals surface area contributed by atoms with Crippen molar-refractivity contribution in [3.05, 3.63) is 32.9 Å². The maximum atomic E-state index is 11.5. The van der Waals surface area contributed by atoms with Gasteiger partial charge in [-0.15, -0.1) is 11.3 Å². The zero-order valence-corrected chi connectivity index (χ0v) is 17.1. The normalized spacial score (nSPS) is 24.1. The number of nitrogens with one attached hydrogen (secondary N) is 3. The van der Waals surface area contributed by atoms with Gasteiger partial charge in [0.05, 0.1) is 11.1 Å². The number of aromatic amines is 2. The van der Waals surface area contributed by atoms with E-state index in [1.807, 2.05) is 7.05 Å². The molecule has 1 fully saturated rings. The zero-order valence-electron chi connectivity index (χ0n) is 16.3. The Morgan fingerprint density at radius 3 is 2.79 bits per heavy atom. The van der Waals surface area contributed by atoms with Gasteiger partial charge in [0.15, 0.2) is 0 Å². The van der Waals surface area contributed by atoms with Gasteiger partial charge in [-0.2, -0.15) is 0 Å². The summed E-state index contributed by atoms with van der Waals surface area (Å²) in [5.41, 5.74) is 1.40. The Kier molecular flexibility index (Phi) is 4.79. The molecule has 0 bridgehead atoms. The number of thiophene rings is 1. The summed E-state index contributed by atoms with van der Waals surface area (Å²) in [5.74, 6) is 0.806. The van der Waals surface area contributed by atoms with E-state index in [2.05, 4.69) is 25.3 Å². The SMILES string of the molecule is CNC1CCC(Oc2ncnc3sc4c(c23)C(Cc2[nH]c(=O)[nH]c2O)CC4)CC1. The molecule has 2 aliphatic carbocycles. The Morgan fingerprint density at radius 2 is 2.07 bits per heavy atom. The van der Waals surface area contributed by atoms with Crippen molar-refractivity contribution in [2.45, 2.75) is 63.0 Å². The van der Waals surface area contributed by atoms with Crippen LogP contribution < -0.4 is 15.7 Å². The summed E-state index contributed by atoms with van der Waals surface area (Å²) >= 11 is 1.71. The smallest absolute Gasteiger partial charge is 0.325 e. The minimum atomic E-state index is -0.379. The van der Waals surface area contributed by atoms with E-state index in [9.17, 15) is 9.90 Å². The average molecular weight is 416 g/mol. The van der Waals surface area contributed by atoms with E-state index in [4.69, 9.17) is 4.74 Å². The molecule has 4 N–H and O–H groups in total. The molecule has 0 amide bonds. The summed E-state index contributed by atoms with van der Waals surface area (Å²) < 4.78 is 6.39. The molecule has 5 rings (SSSR count). The Balaban J connectivity index is 1.45. The lowest BCUT2D eigenvalue weighted by molar-refractivity contribution is 0.137. The van der Waals surface area contributed by atoms with Crippen molar-refractivity contribution in [2.24, 2.45) is 0 Å². The Labute approximate surface area is 171 Å². The minimum absolute atomic E-state index is 0.0722. The largest absolute Gasteiger partial charge is 0.493 e. The number of H-pyrrole nitrogens is 2. The van der Waals surface area contributed by atoms with E-state index in [0.29, 0.717) is 24.0 Å². The topological polar surface area (TPSA) is 116 Å². The Bertz CT molecular complexity index is 1080. The van der Waals surface area contributed by atoms with Crippen LogP contribution in [0, 0.1) is 0 Å². The second-order valence-electron chi connectivity index (χ2n) is 8.02. The number of rotatable bonds is 5. The third kappa shape index (κ3) is 3.42. The summed E-state index contributed by atoms with van der Waals surface area (Å²) in [6, 6.07) is 0.575. The molecule has 3 heterocycles. The van der Waals surface area contributed by atoms with Crippen LogP contribution >= 0.6 is 11.3 Å². The average Bonchev–Trinajstić information content (AvgIpc) is 3.37. The first-order valence-corrected chi connectivity index (χ1v) is 11.0. The quantitative estimate of drug-likeness (QED) is 0.509. The van der Waals surface area contributed by atoms with Crippen molar-refractivity contribution < 1.29 is 9.84 Å². The zero-order chi connectivity index (χ0) is 20.0. The van der Waals surface area contributed by atoms with Gasteiger partial charge in [0.1, 0.15) is 17.3 Å². The monoisotopic (exact) mass is 415 g/mol. The van der Waals surface area contributed by atoms with Gasteiger partial charge >= 0.3 is 5.69 Å². The third-order valence-electron chi connectivity index (χ3n) is 6.29. The summed E-state index contributed by atoms with van der Waals surface area (Å²) in [5, 5.41) is 14.3. The van der Waals surface area contributed by atoms with Crippen LogP contribution in [0.4, 0.5) is 0 Å². The molecule has 0 aromatic carbocycles. The molecule has 0 aliphatic heterocycles. The first-order chi connectivity index (χ1) is 14.1. The van der Waals surface area contributed by atoms with Gasteiger partial charge < -0.3 is 20.1 Å². The molecule has 0 radical (unpaired) electrons. The molecule has 3 aromatic rings. The van der Waals surface area contributed by atoms with Crippen molar-refractivity contribution in [1.82, 2.24) is 25.3 Å². The molecular formula is C20H25N5O3S. The van der Waals surface area contributed by atoms with E-state index < -0.39 is 0 Å². The van der Waals surface area contributed by atoms with Crippen LogP contribution in [0.1, 0.15) is 54.2 Å². The molecule has 154 valence electrons. The molecule has 3 aromatic heterocycles. The van der Waals surface area contributed by atoms with Crippen LogP contribution in [0.2, 0.25) is 0 Å². The van der Waals surface area contributed by atoms with Gasteiger partial charge in [-0.25, -0.2) is 14.8 Å². The molecule has 9 heteroatoms. The highest BCUT2D eigenvalue weighted by Gasteiger charge is 2.32. The van der Waals surface area contributed by atoms with Crippen LogP contribution in [0.3, 0.4) is 0 Å². The third-order valence-corrected chi connectivity index (χ3v) is 7.46. The van der Waals surface area contributed by atoms with Crippen LogP contribution in [0.25, 0.3) is 10.2 Å². The molecule has 2 aliphatic rings. The minimum Gasteiger partial charge on any atom is -0.493 e. The molecule has 0 spiro atoms. The number of fused-ring (bicyclic) bond motifs is 3. The molecule has 1 unspecified atom stereocenters. The molecule has 29 heavy (non-hydrogen) atoms. The van der Waals surface area contributed by atoms with E-state index in [0.717, 1.165) is 48.7 Å². The van der Waals surface area contributed by atoms with E-state index >= 15 is 0 Å². The molecule has 1 atom stereocenters. The van der Waals surface area contributed by atoms with E-state index in [-0.39, 0.29) is 23.6 Å². The number of imidazole rings is 1. The van der Waals surface area contributed by atoms with E-state index in [1.54, 1.807) is 17.7 Å². The predicted molar refractivity (Wildman–Crippen MR) is 111 cm³/mol. The number of ether oxygens (including phenoxy) is 1. The molecular weight excluding hydrogens is 390 g/mol. The Morgan fingerprint density at radius 1 is 1.24 bits per heavy atom. The van der Waals surface area contributed by atoms with Crippen molar-refractivity contribution in [1.29, 1.82) is 0 Å². The highest BCUT2D eigenvalue weighted by molar-refractivity contribution is 7.19. The van der Waals surface area contributed by atoms with Crippen molar-refractivity contribution in [3.63, 3.8) is 0 Å². The first kappa shape index (κ1) is 18.6. The second kappa shape index (κ2) is 7.46.